The molecule has 2 N–H and O–H groups in total. The summed E-state index contributed by atoms with van der Waals surface area (Å²) < 4.78 is 5.69. The van der Waals surface area contributed by atoms with Crippen LogP contribution >= 0.6 is 23.4 Å². The van der Waals surface area contributed by atoms with Gasteiger partial charge in [0.15, 0.2) is 0 Å². The molecule has 136 valence electrons. The highest BCUT2D eigenvalue weighted by molar-refractivity contribution is 7.99. The van der Waals surface area contributed by atoms with Gasteiger partial charge in [-0.05, 0) is 17.7 Å². The molecule has 2 aromatic heterocycles. The second kappa shape index (κ2) is 7.85. The van der Waals surface area contributed by atoms with Crippen molar-refractivity contribution in [2.75, 3.05) is 5.75 Å². The lowest BCUT2D eigenvalue weighted by Gasteiger charge is -2.05. The van der Waals surface area contributed by atoms with Gasteiger partial charge in [-0.1, -0.05) is 59.8 Å². The van der Waals surface area contributed by atoms with Crippen LogP contribution in [0.2, 0.25) is 5.02 Å². The van der Waals surface area contributed by atoms with Gasteiger partial charge in [0, 0.05) is 28.7 Å². The predicted molar refractivity (Wildman–Crippen MR) is 106 cm³/mol. The fourth-order valence-corrected chi connectivity index (χ4v) is 3.43. The van der Waals surface area contributed by atoms with E-state index in [2.05, 4.69) is 20.5 Å². The summed E-state index contributed by atoms with van der Waals surface area (Å²) in [6.45, 7) is 0.378. The van der Waals surface area contributed by atoms with E-state index in [9.17, 15) is 4.79 Å². The number of thioether (sulfide) groups is 1. The van der Waals surface area contributed by atoms with Crippen molar-refractivity contribution in [1.29, 1.82) is 0 Å². The van der Waals surface area contributed by atoms with Gasteiger partial charge in [-0.15, -0.1) is 10.2 Å². The molecule has 0 unspecified atom stereocenters. The Bertz CT molecular complexity index is 1090. The number of hydrogen-bond donors (Lipinski definition) is 2. The molecule has 4 rings (SSSR count). The Hall–Kier alpha value is -2.77. The largest absolute Gasteiger partial charge is 0.411 e. The molecule has 1 amide bonds. The molecule has 0 fully saturated rings. The number of aromatic nitrogens is 3. The molecule has 6 nitrogen and oxygen atoms in total. The highest BCUT2D eigenvalue weighted by Gasteiger charge is 2.14. The maximum Gasteiger partial charge on any atom is 0.277 e. The average Bonchev–Trinajstić information content (AvgIpc) is 3.32. The standard InChI is InChI=1S/C19H15ClN4O2S/c20-15-7-3-1-5-12(15)9-22-17(25)11-27-19-24-23-18(26-19)14-10-21-16-8-4-2-6-13(14)16/h1-8,10,21H,9,11H2,(H,22,25). The van der Waals surface area contributed by atoms with Crippen molar-refractivity contribution in [2.24, 2.45) is 0 Å². The van der Waals surface area contributed by atoms with Crippen molar-refractivity contribution < 1.29 is 9.21 Å². The molecule has 2 heterocycles. The second-order valence-electron chi connectivity index (χ2n) is 5.78. The van der Waals surface area contributed by atoms with Crippen LogP contribution in [0.15, 0.2) is 64.4 Å². The number of aromatic amines is 1. The van der Waals surface area contributed by atoms with Crippen LogP contribution in [-0.2, 0) is 11.3 Å². The number of hydrogen-bond acceptors (Lipinski definition) is 5. The van der Waals surface area contributed by atoms with Gasteiger partial charge < -0.3 is 14.7 Å². The van der Waals surface area contributed by atoms with E-state index >= 15 is 0 Å². The lowest BCUT2D eigenvalue weighted by molar-refractivity contribution is -0.118. The Morgan fingerprint density at radius 1 is 1.15 bits per heavy atom. The fourth-order valence-electron chi connectivity index (χ4n) is 2.64. The molecule has 0 saturated carbocycles. The number of halogens is 1. The third-order valence-electron chi connectivity index (χ3n) is 3.99. The number of nitrogens with zero attached hydrogens (tertiary/aromatic N) is 2. The topological polar surface area (TPSA) is 83.8 Å². The lowest BCUT2D eigenvalue weighted by Crippen LogP contribution is -2.24. The molecule has 0 aliphatic carbocycles. The molecule has 2 aromatic carbocycles. The van der Waals surface area contributed by atoms with Gasteiger partial charge in [0.1, 0.15) is 0 Å². The van der Waals surface area contributed by atoms with E-state index in [1.54, 1.807) is 6.07 Å². The molecular formula is C19H15ClN4O2S. The number of H-pyrrole nitrogens is 1. The Kier molecular flexibility index (Phi) is 5.13. The van der Waals surface area contributed by atoms with E-state index in [1.807, 2.05) is 48.7 Å². The minimum Gasteiger partial charge on any atom is -0.411 e. The first-order chi connectivity index (χ1) is 13.2. The molecule has 4 aromatic rings. The van der Waals surface area contributed by atoms with Crippen molar-refractivity contribution in [3.8, 4) is 11.5 Å². The monoisotopic (exact) mass is 398 g/mol. The third-order valence-corrected chi connectivity index (χ3v) is 5.17. The van der Waals surface area contributed by atoms with Crippen LogP contribution in [0.4, 0.5) is 0 Å². The SMILES string of the molecule is O=C(CSc1nnc(-c2c[nH]c3ccccc23)o1)NCc1ccccc1Cl. The van der Waals surface area contributed by atoms with Crippen molar-refractivity contribution in [3.05, 3.63) is 65.3 Å². The highest BCUT2D eigenvalue weighted by atomic mass is 35.5. The number of carbonyl (C=O) groups is 1. The van der Waals surface area contributed by atoms with E-state index in [-0.39, 0.29) is 11.7 Å². The number of nitrogens with one attached hydrogen (secondary N) is 2. The average molecular weight is 399 g/mol. The van der Waals surface area contributed by atoms with Gasteiger partial charge in [-0.3, -0.25) is 4.79 Å². The molecule has 0 aliphatic heterocycles. The molecule has 27 heavy (non-hydrogen) atoms. The zero-order chi connectivity index (χ0) is 18.6. The van der Waals surface area contributed by atoms with Crippen LogP contribution in [0.1, 0.15) is 5.56 Å². The molecule has 0 bridgehead atoms. The van der Waals surface area contributed by atoms with Crippen molar-refractivity contribution in [3.63, 3.8) is 0 Å². The first kappa shape index (κ1) is 17.6. The van der Waals surface area contributed by atoms with Crippen molar-refractivity contribution in [2.45, 2.75) is 11.8 Å². The maximum atomic E-state index is 12.0. The number of amides is 1. The van der Waals surface area contributed by atoms with E-state index in [1.165, 1.54) is 11.8 Å². The number of para-hydroxylation sites is 1. The van der Waals surface area contributed by atoms with E-state index in [4.69, 9.17) is 16.0 Å². The molecule has 0 saturated heterocycles. The summed E-state index contributed by atoms with van der Waals surface area (Å²) in [5.74, 6) is 0.471. The van der Waals surface area contributed by atoms with Crippen LogP contribution < -0.4 is 5.32 Å². The Morgan fingerprint density at radius 2 is 1.96 bits per heavy atom. The third kappa shape index (κ3) is 3.99. The summed E-state index contributed by atoms with van der Waals surface area (Å²) in [5.41, 5.74) is 2.71. The Labute approximate surface area is 164 Å². The first-order valence-corrected chi connectivity index (χ1v) is 9.60. The number of fused-ring (bicyclic) bond motifs is 1. The quantitative estimate of drug-likeness (QED) is 0.473. The summed E-state index contributed by atoms with van der Waals surface area (Å²) >= 11 is 7.28. The Morgan fingerprint density at radius 3 is 2.85 bits per heavy atom. The Balaban J connectivity index is 1.36. The first-order valence-electron chi connectivity index (χ1n) is 8.23. The zero-order valence-corrected chi connectivity index (χ0v) is 15.7. The van der Waals surface area contributed by atoms with Crippen molar-refractivity contribution in [1.82, 2.24) is 20.5 Å². The number of carbonyl (C=O) groups excluding carboxylic acids is 1. The van der Waals surface area contributed by atoms with E-state index in [0.717, 1.165) is 22.0 Å². The van der Waals surface area contributed by atoms with Gasteiger partial charge in [-0.2, -0.15) is 0 Å². The molecule has 0 spiro atoms. The molecule has 0 atom stereocenters. The zero-order valence-electron chi connectivity index (χ0n) is 14.1. The van der Waals surface area contributed by atoms with Crippen LogP contribution in [0, 0.1) is 0 Å². The lowest BCUT2D eigenvalue weighted by atomic mass is 10.2. The number of benzene rings is 2. The fraction of sp³-hybridized carbons (Fsp3) is 0.105. The van der Waals surface area contributed by atoms with Gasteiger partial charge in [0.05, 0.1) is 11.3 Å². The molecule has 0 aliphatic rings. The van der Waals surface area contributed by atoms with Crippen LogP contribution in [0.5, 0.6) is 0 Å². The van der Waals surface area contributed by atoms with Crippen LogP contribution in [0.3, 0.4) is 0 Å². The minimum atomic E-state index is -0.133. The van der Waals surface area contributed by atoms with Crippen molar-refractivity contribution >= 4 is 40.2 Å². The smallest absolute Gasteiger partial charge is 0.277 e. The summed E-state index contributed by atoms with van der Waals surface area (Å²) in [7, 11) is 0. The van der Waals surface area contributed by atoms with Gasteiger partial charge in [-0.25, -0.2) is 0 Å². The van der Waals surface area contributed by atoms with Gasteiger partial charge in [0.25, 0.3) is 11.1 Å². The predicted octanol–water partition coefficient (Wildman–Crippen LogP) is 4.28. The molecule has 0 radical (unpaired) electrons. The highest BCUT2D eigenvalue weighted by Crippen LogP contribution is 2.29. The van der Waals surface area contributed by atoms with Gasteiger partial charge >= 0.3 is 0 Å². The van der Waals surface area contributed by atoms with Gasteiger partial charge in [0.2, 0.25) is 5.91 Å². The molecule has 8 heteroatoms. The minimum absolute atomic E-state index is 0.133. The summed E-state index contributed by atoms with van der Waals surface area (Å²) in [6, 6.07) is 15.3. The summed E-state index contributed by atoms with van der Waals surface area (Å²) in [4.78, 5) is 15.2. The van der Waals surface area contributed by atoms with Crippen LogP contribution in [-0.4, -0.2) is 26.8 Å². The number of rotatable bonds is 6. The van der Waals surface area contributed by atoms with Crippen LogP contribution in [0.25, 0.3) is 22.4 Å². The van der Waals surface area contributed by atoms with E-state index in [0.29, 0.717) is 22.7 Å². The van der Waals surface area contributed by atoms with E-state index < -0.39 is 0 Å². The summed E-state index contributed by atoms with van der Waals surface area (Å²) in [5, 5.41) is 12.9. The normalized spacial score (nSPS) is 11.0. The second-order valence-corrected chi connectivity index (χ2v) is 7.11. The molecular weight excluding hydrogens is 384 g/mol. The summed E-state index contributed by atoms with van der Waals surface area (Å²) in [6.07, 6.45) is 1.84. The maximum absolute atomic E-state index is 12.0.